The molecule has 1 aliphatic carbocycles. The van der Waals surface area contributed by atoms with E-state index in [1.54, 1.807) is 19.9 Å². The summed E-state index contributed by atoms with van der Waals surface area (Å²) in [6.07, 6.45) is 1.48. The molecule has 9 N–H and O–H groups in total. The van der Waals surface area contributed by atoms with Crippen molar-refractivity contribution >= 4 is 46.5 Å². The highest BCUT2D eigenvalue weighted by Crippen LogP contribution is 2.46. The molecular weight excluding hydrogens is 806 g/mol. The molecule has 6 amide bonds. The molecule has 0 radical (unpaired) electrons. The van der Waals surface area contributed by atoms with E-state index in [2.05, 4.69) is 31.9 Å². The molecule has 7 rings (SSSR count). The molecule has 0 bridgehead atoms. The molecule has 2 aromatic carbocycles. The smallest absolute Gasteiger partial charge is 0.343 e. The Morgan fingerprint density at radius 1 is 0.984 bits per heavy atom. The van der Waals surface area contributed by atoms with E-state index in [4.69, 9.17) is 15.5 Å². The molecule has 18 nitrogen and oxygen atoms in total. The number of benzene rings is 2. The number of nitrogens with zero attached hydrogens (tertiary/aromatic N) is 2. The SMILES string of the molecule is CC[C@@]1(O)C(=O)OCc2c1cc1n(c2=O)Cc2c-1nc1cc(F)c(C)c3c1c2[C@@H](NC(=O)NCCNC(=O)CNC(=O)[C@H](CCc1ccccc1)NC(=O)CNC(=O)CN)CC3. The number of fused-ring (bicyclic) bond motifs is 5. The Morgan fingerprint density at radius 2 is 1.73 bits per heavy atom. The fourth-order valence-electron chi connectivity index (χ4n) is 8.36. The number of cyclic esters (lactones) is 1. The first kappa shape index (κ1) is 43.4. The number of rotatable bonds is 15. The van der Waals surface area contributed by atoms with Gasteiger partial charge in [-0.25, -0.2) is 19.0 Å². The van der Waals surface area contributed by atoms with Crippen molar-refractivity contribution in [1.82, 2.24) is 41.5 Å². The third-order valence-corrected chi connectivity index (χ3v) is 11.7. The number of hydrogen-bond acceptors (Lipinski definition) is 11. The van der Waals surface area contributed by atoms with Gasteiger partial charge in [-0.1, -0.05) is 37.3 Å². The van der Waals surface area contributed by atoms with Crippen molar-refractivity contribution < 1.29 is 43.0 Å². The number of carbonyl (C=O) groups is 6. The molecule has 3 aliphatic rings. The summed E-state index contributed by atoms with van der Waals surface area (Å²) in [4.78, 5) is 94.6. The lowest BCUT2D eigenvalue weighted by atomic mass is 9.81. The maximum Gasteiger partial charge on any atom is 0.343 e. The lowest BCUT2D eigenvalue weighted by Gasteiger charge is -2.31. The number of pyridine rings is 2. The molecule has 0 saturated heterocycles. The molecule has 0 saturated carbocycles. The van der Waals surface area contributed by atoms with Crippen molar-refractivity contribution in [2.75, 3.05) is 32.7 Å². The molecule has 326 valence electrons. The largest absolute Gasteiger partial charge is 0.458 e. The summed E-state index contributed by atoms with van der Waals surface area (Å²) in [5, 5.41) is 27.8. The van der Waals surface area contributed by atoms with Crippen LogP contribution in [0.2, 0.25) is 0 Å². The summed E-state index contributed by atoms with van der Waals surface area (Å²) in [6.45, 7) is 2.03. The molecule has 0 fully saturated rings. The van der Waals surface area contributed by atoms with Crippen LogP contribution >= 0.6 is 0 Å². The van der Waals surface area contributed by atoms with E-state index in [0.717, 1.165) is 11.1 Å². The van der Waals surface area contributed by atoms with E-state index in [1.807, 2.05) is 30.3 Å². The molecule has 62 heavy (non-hydrogen) atoms. The summed E-state index contributed by atoms with van der Waals surface area (Å²) in [6, 6.07) is 10.1. The second kappa shape index (κ2) is 18.1. The monoisotopic (exact) mass is 853 g/mol. The van der Waals surface area contributed by atoms with Gasteiger partial charge in [0.2, 0.25) is 23.6 Å². The number of carbonyl (C=O) groups excluding carboxylic acids is 6. The first-order chi connectivity index (χ1) is 29.7. The quantitative estimate of drug-likeness (QED) is 0.0523. The first-order valence-corrected chi connectivity index (χ1v) is 20.4. The molecule has 0 spiro atoms. The van der Waals surface area contributed by atoms with Crippen LogP contribution < -0.4 is 43.2 Å². The van der Waals surface area contributed by atoms with E-state index in [-0.39, 0.29) is 63.3 Å². The first-order valence-electron chi connectivity index (χ1n) is 20.4. The van der Waals surface area contributed by atoms with Crippen molar-refractivity contribution in [2.45, 2.75) is 76.8 Å². The van der Waals surface area contributed by atoms with Crippen molar-refractivity contribution in [3.8, 4) is 11.4 Å². The number of nitrogens with two attached hydrogens (primary N) is 1. The van der Waals surface area contributed by atoms with Crippen LogP contribution in [0, 0.1) is 12.7 Å². The Hall–Kier alpha value is -6.73. The minimum atomic E-state index is -2.03. The van der Waals surface area contributed by atoms with Gasteiger partial charge < -0.3 is 52.0 Å². The molecule has 2 aliphatic heterocycles. The Kier molecular flexibility index (Phi) is 12.7. The van der Waals surface area contributed by atoms with Crippen LogP contribution in [0.4, 0.5) is 9.18 Å². The molecule has 19 heteroatoms. The number of aromatic nitrogens is 2. The second-order valence-corrected chi connectivity index (χ2v) is 15.5. The number of halogens is 1. The zero-order valence-corrected chi connectivity index (χ0v) is 34.2. The molecule has 0 unspecified atom stereocenters. The molecule has 2 aromatic heterocycles. The van der Waals surface area contributed by atoms with Gasteiger partial charge in [0.05, 0.1) is 54.7 Å². The number of nitrogens with one attached hydrogen (secondary N) is 6. The lowest BCUT2D eigenvalue weighted by Crippen LogP contribution is -2.51. The number of ether oxygens (including phenoxy) is 1. The van der Waals surface area contributed by atoms with Gasteiger partial charge in [-0.2, -0.15) is 0 Å². The average Bonchev–Trinajstić information content (AvgIpc) is 3.64. The number of urea groups is 1. The predicted molar refractivity (Wildman–Crippen MR) is 222 cm³/mol. The van der Waals surface area contributed by atoms with Crippen LogP contribution in [0.3, 0.4) is 0 Å². The van der Waals surface area contributed by atoms with Crippen molar-refractivity contribution in [1.29, 1.82) is 0 Å². The van der Waals surface area contributed by atoms with Crippen LogP contribution in [-0.4, -0.2) is 89.1 Å². The van der Waals surface area contributed by atoms with Gasteiger partial charge in [-0.05, 0) is 67.3 Å². The fraction of sp³-hybridized carbons (Fsp3) is 0.395. The van der Waals surface area contributed by atoms with Crippen molar-refractivity contribution in [3.63, 3.8) is 0 Å². The minimum Gasteiger partial charge on any atom is -0.458 e. The van der Waals surface area contributed by atoms with Gasteiger partial charge >= 0.3 is 12.0 Å². The van der Waals surface area contributed by atoms with E-state index < -0.39 is 71.2 Å². The number of esters is 1. The fourth-order valence-corrected chi connectivity index (χ4v) is 8.36. The standard InChI is InChI=1S/C43H48FN9O9/c1-3-43(61)27-15-32-38-25(20-53(32)40(58)26(27)21-62-41(43)59)37-29(12-10-24-22(2)28(44)16-31(51-38)36(24)37)52-42(60)47-14-13-46-34(55)18-49-39(57)30(11-9-23-7-5-4-6-8-23)50-35(56)19-48-33(54)17-45/h4-8,15-16,29-30,61H,3,9-14,17-21,45H2,1-2H3,(H,46,55)(H,48,54)(H,49,57)(H,50,56)(H2,47,52,60)/t29-,30-,43-/m0/s1. The van der Waals surface area contributed by atoms with Crippen LogP contribution in [0.1, 0.15) is 71.2 Å². The summed E-state index contributed by atoms with van der Waals surface area (Å²) in [5.41, 5.74) is 7.65. The van der Waals surface area contributed by atoms with Crippen molar-refractivity contribution in [3.05, 3.63) is 97.6 Å². The topological polar surface area (TPSA) is 265 Å². The summed E-state index contributed by atoms with van der Waals surface area (Å²) >= 11 is 0. The summed E-state index contributed by atoms with van der Waals surface area (Å²) in [7, 11) is 0. The summed E-state index contributed by atoms with van der Waals surface area (Å²) < 4.78 is 22.0. The molecule has 3 atom stereocenters. The van der Waals surface area contributed by atoms with Gasteiger partial charge in [-0.3, -0.25) is 24.0 Å². The van der Waals surface area contributed by atoms with E-state index in [9.17, 15) is 38.7 Å². The Bertz CT molecular complexity index is 2550. The van der Waals surface area contributed by atoms with Crippen molar-refractivity contribution in [2.24, 2.45) is 5.73 Å². The Labute approximate surface area is 354 Å². The van der Waals surface area contributed by atoms with Gasteiger partial charge in [-0.15, -0.1) is 0 Å². The number of aryl methyl sites for hydroxylation is 2. The Balaban J connectivity index is 0.990. The number of amides is 6. The zero-order valence-electron chi connectivity index (χ0n) is 34.2. The maximum absolute atomic E-state index is 15.3. The highest BCUT2D eigenvalue weighted by Gasteiger charge is 2.46. The zero-order chi connectivity index (χ0) is 44.3. The van der Waals surface area contributed by atoms with E-state index in [0.29, 0.717) is 58.2 Å². The predicted octanol–water partition coefficient (Wildman–Crippen LogP) is 0.239. The Morgan fingerprint density at radius 3 is 2.47 bits per heavy atom. The average molecular weight is 854 g/mol. The molecular formula is C43H48FN9O9. The third-order valence-electron chi connectivity index (χ3n) is 11.7. The van der Waals surface area contributed by atoms with E-state index in [1.165, 1.54) is 10.6 Å². The van der Waals surface area contributed by atoms with Crippen LogP contribution in [0.15, 0.2) is 47.3 Å². The summed E-state index contributed by atoms with van der Waals surface area (Å²) in [5.74, 6) is -3.58. The van der Waals surface area contributed by atoms with Gasteiger partial charge in [0.15, 0.2) is 5.60 Å². The second-order valence-electron chi connectivity index (χ2n) is 15.5. The van der Waals surface area contributed by atoms with Gasteiger partial charge in [0.1, 0.15) is 18.5 Å². The highest BCUT2D eigenvalue weighted by atomic mass is 19.1. The van der Waals surface area contributed by atoms with E-state index >= 15 is 4.39 Å². The van der Waals surface area contributed by atoms with Crippen LogP contribution in [0.5, 0.6) is 0 Å². The maximum atomic E-state index is 15.3. The van der Waals surface area contributed by atoms with Crippen LogP contribution in [0.25, 0.3) is 22.3 Å². The third kappa shape index (κ3) is 8.58. The van der Waals surface area contributed by atoms with Gasteiger partial charge in [0.25, 0.3) is 5.56 Å². The normalized spacial score (nSPS) is 17.4. The van der Waals surface area contributed by atoms with Gasteiger partial charge in [0, 0.05) is 35.7 Å². The number of aliphatic hydroxyl groups is 1. The minimum absolute atomic E-state index is 0.0111. The molecule has 4 heterocycles. The number of hydrogen-bond donors (Lipinski definition) is 8. The highest BCUT2D eigenvalue weighted by molar-refractivity contribution is 5.94. The molecule has 4 aromatic rings. The van der Waals surface area contributed by atoms with Crippen LogP contribution in [-0.2, 0) is 60.3 Å². The lowest BCUT2D eigenvalue weighted by molar-refractivity contribution is -0.172.